The molecule has 0 atom stereocenters. The minimum atomic E-state index is -0.734. The van der Waals surface area contributed by atoms with Crippen LogP contribution in [0.1, 0.15) is 41.6 Å². The Morgan fingerprint density at radius 1 is 1.13 bits per heavy atom. The molecule has 7 nitrogen and oxygen atoms in total. The number of esters is 1. The fourth-order valence-corrected chi connectivity index (χ4v) is 2.28. The molecule has 1 aromatic carbocycles. The van der Waals surface area contributed by atoms with Crippen LogP contribution in [0.25, 0.3) is 0 Å². The largest absolute Gasteiger partial charge is 0.454 e. The van der Waals surface area contributed by atoms with E-state index in [1.54, 1.807) is 18.3 Å². The SMILES string of the molecule is CN1C(=O)c2ccc(C(=O)OCC(=O)c3ccc[nH]3)cc2C1=O. The van der Waals surface area contributed by atoms with Gasteiger partial charge in [-0.25, -0.2) is 4.79 Å². The maximum Gasteiger partial charge on any atom is 0.338 e. The first-order chi connectivity index (χ1) is 11.0. The predicted molar refractivity (Wildman–Crippen MR) is 78.3 cm³/mol. The molecule has 0 fully saturated rings. The number of ether oxygens (including phenoxy) is 1. The third-order valence-corrected chi connectivity index (χ3v) is 3.56. The predicted octanol–water partition coefficient (Wildman–Crippen LogP) is 1.28. The molecule has 3 rings (SSSR count). The normalized spacial score (nSPS) is 13.2. The number of benzene rings is 1. The summed E-state index contributed by atoms with van der Waals surface area (Å²) in [5, 5.41) is 0. The average Bonchev–Trinajstić information content (AvgIpc) is 3.17. The lowest BCUT2D eigenvalue weighted by Gasteiger charge is -2.04. The van der Waals surface area contributed by atoms with Crippen LogP contribution in [0.3, 0.4) is 0 Å². The van der Waals surface area contributed by atoms with Gasteiger partial charge in [0.05, 0.1) is 22.4 Å². The number of aromatic nitrogens is 1. The molecule has 1 aliphatic rings. The number of nitrogens with one attached hydrogen (secondary N) is 1. The van der Waals surface area contributed by atoms with Gasteiger partial charge in [-0.15, -0.1) is 0 Å². The van der Waals surface area contributed by atoms with Crippen molar-refractivity contribution in [1.82, 2.24) is 9.88 Å². The Balaban J connectivity index is 1.73. The zero-order valence-electron chi connectivity index (χ0n) is 12.2. The van der Waals surface area contributed by atoms with Crippen molar-refractivity contribution in [1.29, 1.82) is 0 Å². The van der Waals surface area contributed by atoms with Crippen LogP contribution in [0.2, 0.25) is 0 Å². The fraction of sp³-hybridized carbons (Fsp3) is 0.125. The molecule has 1 aliphatic heterocycles. The summed E-state index contributed by atoms with van der Waals surface area (Å²) in [4.78, 5) is 51.1. The van der Waals surface area contributed by atoms with Crippen LogP contribution in [0.15, 0.2) is 36.5 Å². The van der Waals surface area contributed by atoms with Crippen LogP contribution < -0.4 is 0 Å². The summed E-state index contributed by atoms with van der Waals surface area (Å²) in [7, 11) is 1.37. The summed E-state index contributed by atoms with van der Waals surface area (Å²) in [5.41, 5.74) is 0.854. The van der Waals surface area contributed by atoms with E-state index in [0.717, 1.165) is 4.90 Å². The summed E-state index contributed by atoms with van der Waals surface area (Å²) < 4.78 is 4.94. The van der Waals surface area contributed by atoms with Crippen molar-refractivity contribution in [3.8, 4) is 0 Å². The minimum Gasteiger partial charge on any atom is -0.454 e. The van der Waals surface area contributed by atoms with Crippen molar-refractivity contribution in [2.24, 2.45) is 0 Å². The van der Waals surface area contributed by atoms with E-state index in [1.165, 1.54) is 25.2 Å². The number of fused-ring (bicyclic) bond motifs is 1. The number of imide groups is 1. The summed E-state index contributed by atoms with van der Waals surface area (Å²) >= 11 is 0. The molecule has 1 aromatic heterocycles. The molecule has 1 N–H and O–H groups in total. The number of rotatable bonds is 4. The number of nitrogens with zero attached hydrogens (tertiary/aromatic N) is 1. The monoisotopic (exact) mass is 312 g/mol. The van der Waals surface area contributed by atoms with Gasteiger partial charge in [-0.3, -0.25) is 19.3 Å². The van der Waals surface area contributed by atoms with Gasteiger partial charge < -0.3 is 9.72 Å². The number of H-pyrrole nitrogens is 1. The highest BCUT2D eigenvalue weighted by Crippen LogP contribution is 2.23. The van der Waals surface area contributed by atoms with E-state index in [2.05, 4.69) is 4.98 Å². The van der Waals surface area contributed by atoms with Gasteiger partial charge in [-0.05, 0) is 30.3 Å². The van der Waals surface area contributed by atoms with E-state index in [0.29, 0.717) is 5.69 Å². The van der Waals surface area contributed by atoms with Crippen molar-refractivity contribution in [2.45, 2.75) is 0 Å². The topological polar surface area (TPSA) is 96.5 Å². The quantitative estimate of drug-likeness (QED) is 0.521. The lowest BCUT2D eigenvalue weighted by Crippen LogP contribution is -2.24. The number of amides is 2. The average molecular weight is 312 g/mol. The molecular formula is C16H12N2O5. The third kappa shape index (κ3) is 2.52. The molecule has 0 bridgehead atoms. The standard InChI is InChI=1S/C16H12N2O5/c1-18-14(20)10-5-4-9(7-11(10)15(18)21)16(22)23-8-13(19)12-3-2-6-17-12/h2-7,17H,8H2,1H3. The Hall–Kier alpha value is -3.22. The Labute approximate surface area is 130 Å². The molecule has 2 aromatic rings. The molecule has 0 spiro atoms. The molecule has 0 saturated carbocycles. The maximum absolute atomic E-state index is 12.0. The fourth-order valence-electron chi connectivity index (χ4n) is 2.28. The van der Waals surface area contributed by atoms with Crippen molar-refractivity contribution in [3.05, 3.63) is 58.9 Å². The molecular weight excluding hydrogens is 300 g/mol. The maximum atomic E-state index is 12.0. The van der Waals surface area contributed by atoms with Gasteiger partial charge in [0.1, 0.15) is 0 Å². The second-order valence-electron chi connectivity index (χ2n) is 5.01. The first kappa shape index (κ1) is 14.7. The molecule has 0 saturated heterocycles. The summed E-state index contributed by atoms with van der Waals surface area (Å²) in [6, 6.07) is 7.34. The van der Waals surface area contributed by atoms with Crippen molar-refractivity contribution in [2.75, 3.05) is 13.7 Å². The van der Waals surface area contributed by atoms with Gasteiger partial charge in [0.2, 0.25) is 5.78 Å². The highest BCUT2D eigenvalue weighted by Gasteiger charge is 2.33. The molecule has 23 heavy (non-hydrogen) atoms. The number of carbonyl (C=O) groups is 4. The van der Waals surface area contributed by atoms with E-state index in [1.807, 2.05) is 0 Å². The van der Waals surface area contributed by atoms with E-state index < -0.39 is 24.4 Å². The molecule has 2 heterocycles. The number of carbonyl (C=O) groups excluding carboxylic acids is 4. The molecule has 0 radical (unpaired) electrons. The van der Waals surface area contributed by atoms with Crippen molar-refractivity contribution < 1.29 is 23.9 Å². The number of ketones is 1. The first-order valence-corrected chi connectivity index (χ1v) is 6.79. The van der Waals surface area contributed by atoms with Crippen LogP contribution in [0.5, 0.6) is 0 Å². The van der Waals surface area contributed by atoms with Crippen LogP contribution in [-0.2, 0) is 4.74 Å². The molecule has 116 valence electrons. The summed E-state index contributed by atoms with van der Waals surface area (Å²) in [6.45, 7) is -0.413. The van der Waals surface area contributed by atoms with Crippen LogP contribution in [-0.4, -0.2) is 47.1 Å². The highest BCUT2D eigenvalue weighted by atomic mass is 16.5. The number of hydrogen-bond donors (Lipinski definition) is 1. The van der Waals surface area contributed by atoms with E-state index >= 15 is 0 Å². The third-order valence-electron chi connectivity index (χ3n) is 3.56. The smallest absolute Gasteiger partial charge is 0.338 e. The van der Waals surface area contributed by atoms with Gasteiger partial charge in [0.15, 0.2) is 6.61 Å². The first-order valence-electron chi connectivity index (χ1n) is 6.79. The van der Waals surface area contributed by atoms with Gasteiger partial charge in [0.25, 0.3) is 11.8 Å². The van der Waals surface area contributed by atoms with Crippen LogP contribution in [0, 0.1) is 0 Å². The molecule has 7 heteroatoms. The molecule has 0 unspecified atom stereocenters. The van der Waals surface area contributed by atoms with Crippen molar-refractivity contribution in [3.63, 3.8) is 0 Å². The second-order valence-corrected chi connectivity index (χ2v) is 5.01. The molecule has 2 amide bonds. The second kappa shape index (κ2) is 5.53. The Kier molecular flexibility index (Phi) is 3.53. The number of aromatic amines is 1. The van der Waals surface area contributed by atoms with E-state index in [9.17, 15) is 19.2 Å². The van der Waals surface area contributed by atoms with E-state index in [-0.39, 0.29) is 22.5 Å². The highest BCUT2D eigenvalue weighted by molar-refractivity contribution is 6.21. The Morgan fingerprint density at radius 2 is 1.87 bits per heavy atom. The zero-order chi connectivity index (χ0) is 16.6. The summed E-state index contributed by atoms with van der Waals surface area (Å²) in [5.74, 6) is -1.98. The number of Topliss-reactive ketones (excluding diaryl/α,β-unsaturated/α-hetero) is 1. The van der Waals surface area contributed by atoms with E-state index in [4.69, 9.17) is 4.74 Å². The lowest BCUT2D eigenvalue weighted by molar-refractivity contribution is 0.0473. The molecule has 0 aliphatic carbocycles. The Bertz CT molecular complexity index is 823. The van der Waals surface area contributed by atoms with Gasteiger partial charge >= 0.3 is 5.97 Å². The minimum absolute atomic E-state index is 0.111. The Morgan fingerprint density at radius 3 is 2.57 bits per heavy atom. The van der Waals surface area contributed by atoms with Crippen molar-refractivity contribution >= 4 is 23.6 Å². The summed E-state index contributed by atoms with van der Waals surface area (Å²) in [6.07, 6.45) is 1.59. The zero-order valence-corrected chi connectivity index (χ0v) is 12.2. The van der Waals surface area contributed by atoms with Gasteiger partial charge in [-0.1, -0.05) is 0 Å². The van der Waals surface area contributed by atoms with Gasteiger partial charge in [-0.2, -0.15) is 0 Å². The van der Waals surface area contributed by atoms with Crippen LogP contribution in [0.4, 0.5) is 0 Å². The lowest BCUT2D eigenvalue weighted by atomic mass is 10.1. The number of hydrogen-bond acceptors (Lipinski definition) is 5. The van der Waals surface area contributed by atoms with Gasteiger partial charge in [0, 0.05) is 13.2 Å². The van der Waals surface area contributed by atoms with Crippen LogP contribution >= 0.6 is 0 Å².